The highest BCUT2D eigenvalue weighted by atomic mass is 19.4. The maximum atomic E-state index is 12.7. The van der Waals surface area contributed by atoms with Gasteiger partial charge in [-0.1, -0.05) is 11.2 Å². The maximum absolute atomic E-state index is 12.7. The fourth-order valence-electron chi connectivity index (χ4n) is 2.72. The van der Waals surface area contributed by atoms with E-state index >= 15 is 0 Å². The lowest BCUT2D eigenvalue weighted by Crippen LogP contribution is -2.14. The van der Waals surface area contributed by atoms with Crippen molar-refractivity contribution in [1.82, 2.24) is 4.90 Å². The summed E-state index contributed by atoms with van der Waals surface area (Å²) in [5.41, 5.74) is 3.82. The number of benzene rings is 2. The molecule has 0 bridgehead atoms. The first-order valence-corrected chi connectivity index (χ1v) is 9.94. The normalized spacial score (nSPS) is 12.3. The number of alkyl halides is 3. The number of oxime groups is 1. The van der Waals surface area contributed by atoms with Crippen LogP contribution in [0.2, 0.25) is 0 Å². The zero-order valence-corrected chi connectivity index (χ0v) is 18.5. The fraction of sp³-hybridized carbons (Fsp3) is 0.391. The smallest absolute Gasteiger partial charge is 0.416 e. The van der Waals surface area contributed by atoms with Crippen LogP contribution in [0.15, 0.2) is 46.5 Å². The molecule has 0 heterocycles. The Morgan fingerprint density at radius 1 is 1.10 bits per heavy atom. The number of nitrogens with zero attached hydrogens (tertiary/aromatic N) is 3. The van der Waals surface area contributed by atoms with E-state index in [0.29, 0.717) is 5.71 Å². The van der Waals surface area contributed by atoms with Crippen molar-refractivity contribution >= 4 is 17.7 Å². The SMILES string of the molecule is CCN(C)C=Nc1cc(C)c(C(C)=NOCCOc2cccc(C(F)(F)F)c2)cc1C. The third-order valence-corrected chi connectivity index (χ3v) is 4.63. The van der Waals surface area contributed by atoms with Crippen LogP contribution >= 0.6 is 0 Å². The van der Waals surface area contributed by atoms with E-state index in [0.717, 1.165) is 41.1 Å². The summed E-state index contributed by atoms with van der Waals surface area (Å²) in [4.78, 5) is 11.8. The molecule has 0 fully saturated rings. The van der Waals surface area contributed by atoms with E-state index in [1.54, 1.807) is 6.34 Å². The lowest BCUT2D eigenvalue weighted by Gasteiger charge is -2.12. The van der Waals surface area contributed by atoms with Crippen LogP contribution in [-0.2, 0) is 11.0 Å². The van der Waals surface area contributed by atoms with Crippen LogP contribution in [0, 0.1) is 13.8 Å². The molecule has 0 aliphatic heterocycles. The van der Waals surface area contributed by atoms with Gasteiger partial charge in [-0.05, 0) is 69.2 Å². The second-order valence-electron chi connectivity index (χ2n) is 7.16. The molecule has 2 aromatic carbocycles. The molecule has 0 radical (unpaired) electrons. The molecule has 0 saturated heterocycles. The molecule has 0 spiro atoms. The van der Waals surface area contributed by atoms with Gasteiger partial charge >= 0.3 is 6.18 Å². The molecule has 0 unspecified atom stereocenters. The van der Waals surface area contributed by atoms with Gasteiger partial charge in [0.15, 0.2) is 6.61 Å². The summed E-state index contributed by atoms with van der Waals surface area (Å²) in [6.07, 6.45) is -2.60. The highest BCUT2D eigenvalue weighted by Gasteiger charge is 2.30. The van der Waals surface area contributed by atoms with Crippen molar-refractivity contribution in [2.45, 2.75) is 33.9 Å². The zero-order chi connectivity index (χ0) is 23.0. The van der Waals surface area contributed by atoms with Crippen LogP contribution in [0.4, 0.5) is 18.9 Å². The Hall–Kier alpha value is -3.03. The van der Waals surface area contributed by atoms with E-state index in [1.165, 1.54) is 12.1 Å². The molecule has 0 aliphatic carbocycles. The topological polar surface area (TPSA) is 46.4 Å². The Morgan fingerprint density at radius 2 is 1.84 bits per heavy atom. The van der Waals surface area contributed by atoms with Gasteiger partial charge in [0.05, 0.1) is 23.3 Å². The first kappa shape index (κ1) is 24.2. The van der Waals surface area contributed by atoms with Crippen molar-refractivity contribution in [3.63, 3.8) is 0 Å². The van der Waals surface area contributed by atoms with E-state index in [9.17, 15) is 13.2 Å². The van der Waals surface area contributed by atoms with Crippen LogP contribution < -0.4 is 4.74 Å². The minimum Gasteiger partial charge on any atom is -0.490 e. The van der Waals surface area contributed by atoms with E-state index in [2.05, 4.69) is 17.1 Å². The molecule has 0 aliphatic rings. The number of rotatable bonds is 9. The molecule has 0 amide bonds. The van der Waals surface area contributed by atoms with Gasteiger partial charge in [0, 0.05) is 19.2 Å². The lowest BCUT2D eigenvalue weighted by atomic mass is 10.0. The highest BCUT2D eigenvalue weighted by Crippen LogP contribution is 2.31. The van der Waals surface area contributed by atoms with Gasteiger partial charge in [0.25, 0.3) is 0 Å². The fourth-order valence-corrected chi connectivity index (χ4v) is 2.72. The second-order valence-corrected chi connectivity index (χ2v) is 7.16. The zero-order valence-electron chi connectivity index (χ0n) is 18.5. The summed E-state index contributed by atoms with van der Waals surface area (Å²) in [6, 6.07) is 8.75. The Morgan fingerprint density at radius 3 is 2.52 bits per heavy atom. The highest BCUT2D eigenvalue weighted by molar-refractivity contribution is 6.00. The van der Waals surface area contributed by atoms with Crippen molar-refractivity contribution in [3.05, 3.63) is 58.7 Å². The molecule has 0 N–H and O–H groups in total. The molecule has 168 valence electrons. The van der Waals surface area contributed by atoms with Gasteiger partial charge in [-0.3, -0.25) is 0 Å². The van der Waals surface area contributed by atoms with E-state index in [1.807, 2.05) is 44.9 Å². The average molecular weight is 435 g/mol. The van der Waals surface area contributed by atoms with Gasteiger partial charge in [0.1, 0.15) is 12.4 Å². The number of aryl methyl sites for hydroxylation is 2. The number of hydrogen-bond donors (Lipinski definition) is 0. The maximum Gasteiger partial charge on any atom is 0.416 e. The van der Waals surface area contributed by atoms with Crippen molar-refractivity contribution in [1.29, 1.82) is 0 Å². The van der Waals surface area contributed by atoms with Crippen molar-refractivity contribution in [2.24, 2.45) is 10.1 Å². The number of halogens is 3. The Kier molecular flexibility index (Phi) is 8.47. The van der Waals surface area contributed by atoms with Crippen LogP contribution in [0.5, 0.6) is 5.75 Å². The second kappa shape index (κ2) is 10.8. The molecule has 0 aromatic heterocycles. The molecule has 2 rings (SSSR count). The van der Waals surface area contributed by atoms with Crippen LogP contribution in [0.25, 0.3) is 0 Å². The van der Waals surface area contributed by atoms with Gasteiger partial charge < -0.3 is 14.5 Å². The number of aliphatic imine (C=N–C) groups is 1. The molecule has 8 heteroatoms. The van der Waals surface area contributed by atoms with E-state index in [-0.39, 0.29) is 19.0 Å². The standard InChI is InChI=1S/C23H28F3N3O2/c1-6-29(5)15-27-22-13-16(2)21(12-17(22)3)18(4)28-31-11-10-30-20-9-7-8-19(14-20)23(24,25)26/h7-9,12-15H,6,10-11H2,1-5H3. The first-order chi connectivity index (χ1) is 14.6. The Balaban J connectivity index is 1.94. The molecular weight excluding hydrogens is 407 g/mol. The summed E-state index contributed by atoms with van der Waals surface area (Å²) in [7, 11) is 1.96. The van der Waals surface area contributed by atoms with Crippen LogP contribution in [-0.4, -0.2) is 43.8 Å². The molecule has 31 heavy (non-hydrogen) atoms. The Labute approximate surface area is 181 Å². The quantitative estimate of drug-likeness (QED) is 0.218. The largest absolute Gasteiger partial charge is 0.490 e. The summed E-state index contributed by atoms with van der Waals surface area (Å²) in [6.45, 7) is 8.92. The third kappa shape index (κ3) is 7.31. The van der Waals surface area contributed by atoms with Gasteiger partial charge in [-0.15, -0.1) is 0 Å². The first-order valence-electron chi connectivity index (χ1n) is 9.94. The van der Waals surface area contributed by atoms with Gasteiger partial charge in [-0.25, -0.2) is 4.99 Å². The molecule has 0 saturated carbocycles. The van der Waals surface area contributed by atoms with Crippen LogP contribution in [0.3, 0.4) is 0 Å². The molecular formula is C23H28F3N3O2. The number of ether oxygens (including phenoxy) is 1. The van der Waals surface area contributed by atoms with Crippen LogP contribution in [0.1, 0.15) is 36.1 Å². The predicted octanol–water partition coefficient (Wildman–Crippen LogP) is 5.75. The predicted molar refractivity (Wildman–Crippen MR) is 117 cm³/mol. The molecule has 2 aromatic rings. The summed E-state index contributed by atoms with van der Waals surface area (Å²) < 4.78 is 43.5. The summed E-state index contributed by atoms with van der Waals surface area (Å²) >= 11 is 0. The minimum atomic E-state index is -4.40. The third-order valence-electron chi connectivity index (χ3n) is 4.63. The van der Waals surface area contributed by atoms with Crippen molar-refractivity contribution in [2.75, 3.05) is 26.8 Å². The van der Waals surface area contributed by atoms with E-state index in [4.69, 9.17) is 9.57 Å². The minimum absolute atomic E-state index is 0.0781. The average Bonchev–Trinajstić information content (AvgIpc) is 2.73. The van der Waals surface area contributed by atoms with Crippen molar-refractivity contribution < 1.29 is 22.7 Å². The molecule has 5 nitrogen and oxygen atoms in total. The van der Waals surface area contributed by atoms with E-state index < -0.39 is 11.7 Å². The van der Waals surface area contributed by atoms with Gasteiger partial charge in [0.2, 0.25) is 0 Å². The number of hydrogen-bond acceptors (Lipinski definition) is 4. The Bertz CT molecular complexity index is 940. The lowest BCUT2D eigenvalue weighted by molar-refractivity contribution is -0.137. The molecule has 0 atom stereocenters. The summed E-state index contributed by atoms with van der Waals surface area (Å²) in [5, 5.41) is 4.11. The van der Waals surface area contributed by atoms with Crippen molar-refractivity contribution in [3.8, 4) is 5.75 Å². The monoisotopic (exact) mass is 435 g/mol. The summed E-state index contributed by atoms with van der Waals surface area (Å²) in [5.74, 6) is 0.135. The van der Waals surface area contributed by atoms with Gasteiger partial charge in [-0.2, -0.15) is 13.2 Å².